The highest BCUT2D eigenvalue weighted by atomic mass is 16.5. The Kier molecular flexibility index (Phi) is 3.47. The van der Waals surface area contributed by atoms with Crippen molar-refractivity contribution < 1.29 is 9.53 Å². The molecule has 0 saturated heterocycles. The number of benzene rings is 1. The molecule has 2 aromatic heterocycles. The molecule has 0 radical (unpaired) electrons. The molecule has 21 heavy (non-hydrogen) atoms. The number of hydrogen-bond donors (Lipinski definition) is 1. The van der Waals surface area contributed by atoms with Gasteiger partial charge in [0.1, 0.15) is 0 Å². The molecule has 0 aliphatic rings. The number of methoxy groups -OCH3 is 1. The molecule has 5 nitrogen and oxygen atoms in total. The van der Waals surface area contributed by atoms with Crippen LogP contribution in [0.2, 0.25) is 0 Å². The number of nitrogens with one attached hydrogen (secondary N) is 1. The fourth-order valence-corrected chi connectivity index (χ4v) is 2.11. The fraction of sp³-hybridized carbons (Fsp3) is 0.0625. The van der Waals surface area contributed by atoms with E-state index in [0.717, 1.165) is 22.3 Å². The third-order valence-corrected chi connectivity index (χ3v) is 3.09. The van der Waals surface area contributed by atoms with E-state index < -0.39 is 0 Å². The first-order chi connectivity index (χ1) is 10.3. The lowest BCUT2D eigenvalue weighted by Gasteiger charge is -2.11. The van der Waals surface area contributed by atoms with Gasteiger partial charge in [-0.05, 0) is 30.3 Å². The number of hydrogen-bond acceptors (Lipinski definition) is 5. The summed E-state index contributed by atoms with van der Waals surface area (Å²) in [6.07, 6.45) is 5.11. The molecule has 0 amide bonds. The minimum Gasteiger partial charge on any atom is -0.465 e. The van der Waals surface area contributed by atoms with Crippen molar-refractivity contribution in [3.8, 4) is 0 Å². The van der Waals surface area contributed by atoms with E-state index in [-0.39, 0.29) is 5.97 Å². The summed E-state index contributed by atoms with van der Waals surface area (Å²) in [4.78, 5) is 20.1. The van der Waals surface area contributed by atoms with Crippen molar-refractivity contribution in [2.75, 3.05) is 12.4 Å². The number of carbonyl (C=O) groups is 1. The SMILES string of the molecule is COC(=O)c1cc(Nc2ccncc2)c2ncccc2c1. The van der Waals surface area contributed by atoms with Crippen LogP contribution in [0.25, 0.3) is 10.9 Å². The molecule has 0 aliphatic carbocycles. The number of pyridine rings is 2. The normalized spacial score (nSPS) is 10.3. The summed E-state index contributed by atoms with van der Waals surface area (Å²) in [5.74, 6) is -0.376. The predicted octanol–water partition coefficient (Wildman–Crippen LogP) is 3.16. The van der Waals surface area contributed by atoms with E-state index in [9.17, 15) is 4.79 Å². The van der Waals surface area contributed by atoms with E-state index >= 15 is 0 Å². The van der Waals surface area contributed by atoms with Crippen molar-refractivity contribution in [2.24, 2.45) is 0 Å². The number of carbonyl (C=O) groups excluding carboxylic acids is 1. The Morgan fingerprint density at radius 1 is 1.14 bits per heavy atom. The van der Waals surface area contributed by atoms with Crippen LogP contribution < -0.4 is 5.32 Å². The second-order valence-corrected chi connectivity index (χ2v) is 4.45. The van der Waals surface area contributed by atoms with Crippen LogP contribution in [0.1, 0.15) is 10.4 Å². The van der Waals surface area contributed by atoms with Gasteiger partial charge in [0.2, 0.25) is 0 Å². The lowest BCUT2D eigenvalue weighted by Crippen LogP contribution is -2.03. The van der Waals surface area contributed by atoms with Crippen molar-refractivity contribution >= 4 is 28.2 Å². The van der Waals surface area contributed by atoms with Gasteiger partial charge in [0, 0.05) is 29.7 Å². The number of ether oxygens (including phenoxy) is 1. The van der Waals surface area contributed by atoms with Gasteiger partial charge in [-0.1, -0.05) is 6.07 Å². The Morgan fingerprint density at radius 2 is 1.95 bits per heavy atom. The van der Waals surface area contributed by atoms with Gasteiger partial charge in [-0.3, -0.25) is 9.97 Å². The molecule has 1 aromatic carbocycles. The van der Waals surface area contributed by atoms with Crippen LogP contribution in [-0.4, -0.2) is 23.0 Å². The molecule has 0 bridgehead atoms. The van der Waals surface area contributed by atoms with E-state index in [1.54, 1.807) is 30.7 Å². The number of aromatic nitrogens is 2. The molecule has 3 aromatic rings. The predicted molar refractivity (Wildman–Crippen MR) is 80.6 cm³/mol. The van der Waals surface area contributed by atoms with Crippen LogP contribution in [0.4, 0.5) is 11.4 Å². The third kappa shape index (κ3) is 2.67. The summed E-state index contributed by atoms with van der Waals surface area (Å²) in [6.45, 7) is 0. The van der Waals surface area contributed by atoms with E-state index in [0.29, 0.717) is 5.56 Å². The van der Waals surface area contributed by atoms with Crippen molar-refractivity contribution in [2.45, 2.75) is 0 Å². The zero-order valence-electron chi connectivity index (χ0n) is 11.4. The van der Waals surface area contributed by atoms with Crippen LogP contribution in [0, 0.1) is 0 Å². The van der Waals surface area contributed by atoms with Crippen molar-refractivity contribution in [1.29, 1.82) is 0 Å². The first-order valence-corrected chi connectivity index (χ1v) is 6.42. The van der Waals surface area contributed by atoms with Crippen LogP contribution in [0.3, 0.4) is 0 Å². The minimum absolute atomic E-state index is 0.376. The summed E-state index contributed by atoms with van der Waals surface area (Å²) in [5.41, 5.74) is 2.90. The maximum Gasteiger partial charge on any atom is 0.337 e. The fourth-order valence-electron chi connectivity index (χ4n) is 2.11. The van der Waals surface area contributed by atoms with Gasteiger partial charge in [-0.2, -0.15) is 0 Å². The average molecular weight is 279 g/mol. The largest absolute Gasteiger partial charge is 0.465 e. The zero-order valence-corrected chi connectivity index (χ0v) is 11.4. The Hall–Kier alpha value is -2.95. The van der Waals surface area contributed by atoms with Crippen LogP contribution in [0.5, 0.6) is 0 Å². The highest BCUT2D eigenvalue weighted by Crippen LogP contribution is 2.26. The van der Waals surface area contributed by atoms with E-state index in [1.165, 1.54) is 7.11 Å². The maximum absolute atomic E-state index is 11.8. The lowest BCUT2D eigenvalue weighted by molar-refractivity contribution is 0.0601. The number of anilines is 2. The minimum atomic E-state index is -0.376. The second kappa shape index (κ2) is 5.58. The van der Waals surface area contributed by atoms with Crippen molar-refractivity contribution in [3.63, 3.8) is 0 Å². The number of rotatable bonds is 3. The van der Waals surface area contributed by atoms with Gasteiger partial charge >= 0.3 is 5.97 Å². The van der Waals surface area contributed by atoms with Gasteiger partial charge in [0.05, 0.1) is 23.9 Å². The number of fused-ring (bicyclic) bond motifs is 1. The summed E-state index contributed by atoms with van der Waals surface area (Å²) < 4.78 is 4.79. The molecule has 3 rings (SSSR count). The Morgan fingerprint density at radius 3 is 2.71 bits per heavy atom. The second-order valence-electron chi connectivity index (χ2n) is 4.45. The summed E-state index contributed by atoms with van der Waals surface area (Å²) >= 11 is 0. The molecular weight excluding hydrogens is 266 g/mol. The molecule has 104 valence electrons. The Bertz CT molecular complexity index is 788. The van der Waals surface area contributed by atoms with E-state index in [4.69, 9.17) is 4.74 Å². The van der Waals surface area contributed by atoms with Gasteiger partial charge in [-0.15, -0.1) is 0 Å². The van der Waals surface area contributed by atoms with Crippen LogP contribution >= 0.6 is 0 Å². The van der Waals surface area contributed by atoms with Gasteiger partial charge in [0.15, 0.2) is 0 Å². The molecule has 0 aliphatic heterocycles. The van der Waals surface area contributed by atoms with Gasteiger partial charge < -0.3 is 10.1 Å². The highest BCUT2D eigenvalue weighted by Gasteiger charge is 2.11. The monoisotopic (exact) mass is 279 g/mol. The van der Waals surface area contributed by atoms with E-state index in [1.807, 2.05) is 24.3 Å². The molecule has 0 fully saturated rings. The highest BCUT2D eigenvalue weighted by molar-refractivity contribution is 6.00. The molecule has 0 saturated carbocycles. The third-order valence-electron chi connectivity index (χ3n) is 3.09. The molecule has 0 atom stereocenters. The molecule has 2 heterocycles. The molecular formula is C16H13N3O2. The topological polar surface area (TPSA) is 64.1 Å². The smallest absolute Gasteiger partial charge is 0.337 e. The van der Waals surface area contributed by atoms with Crippen LogP contribution in [0.15, 0.2) is 55.0 Å². The first kappa shape index (κ1) is 13.1. The molecule has 1 N–H and O–H groups in total. The molecule has 0 spiro atoms. The summed E-state index contributed by atoms with van der Waals surface area (Å²) in [5, 5.41) is 4.13. The summed E-state index contributed by atoms with van der Waals surface area (Å²) in [7, 11) is 1.37. The average Bonchev–Trinajstić information content (AvgIpc) is 2.55. The molecule has 5 heteroatoms. The Balaban J connectivity index is 2.12. The van der Waals surface area contributed by atoms with Gasteiger partial charge in [0.25, 0.3) is 0 Å². The zero-order chi connectivity index (χ0) is 14.7. The van der Waals surface area contributed by atoms with Crippen molar-refractivity contribution in [3.05, 3.63) is 60.6 Å². The van der Waals surface area contributed by atoms with E-state index in [2.05, 4.69) is 15.3 Å². The number of nitrogens with zero attached hydrogens (tertiary/aromatic N) is 2. The van der Waals surface area contributed by atoms with Gasteiger partial charge in [-0.25, -0.2) is 4.79 Å². The maximum atomic E-state index is 11.8. The van der Waals surface area contributed by atoms with Crippen LogP contribution in [-0.2, 0) is 4.74 Å². The molecule has 0 unspecified atom stereocenters. The Labute approximate surface area is 121 Å². The number of esters is 1. The quantitative estimate of drug-likeness (QED) is 0.746. The lowest BCUT2D eigenvalue weighted by atomic mass is 10.1. The van der Waals surface area contributed by atoms with Crippen molar-refractivity contribution in [1.82, 2.24) is 9.97 Å². The standard InChI is InChI=1S/C16H13N3O2/c1-21-16(20)12-9-11-3-2-6-18-15(11)14(10-12)19-13-4-7-17-8-5-13/h2-10H,1H3,(H,17,19). The first-order valence-electron chi connectivity index (χ1n) is 6.42. The summed E-state index contributed by atoms with van der Waals surface area (Å²) in [6, 6.07) is 10.9.